The molecule has 2 aromatic carbocycles. The zero-order valence-electron chi connectivity index (χ0n) is 14.5. The average molecular weight is 311 g/mol. The first kappa shape index (κ1) is 16.5. The van der Waals surface area contributed by atoms with Crippen molar-refractivity contribution >= 4 is 10.8 Å². The van der Waals surface area contributed by atoms with Crippen LogP contribution in [0.3, 0.4) is 0 Å². The number of fused-ring (bicyclic) bond motifs is 3. The second-order valence-electron chi connectivity index (χ2n) is 7.07. The molecule has 1 aliphatic rings. The van der Waals surface area contributed by atoms with Crippen molar-refractivity contribution in [2.45, 2.75) is 58.1 Å². The molecule has 2 aromatic rings. The lowest BCUT2D eigenvalue weighted by molar-refractivity contribution is 0.114. The third kappa shape index (κ3) is 3.76. The normalized spacial score (nSPS) is 15.8. The zero-order valence-corrected chi connectivity index (χ0v) is 14.5. The summed E-state index contributed by atoms with van der Waals surface area (Å²) in [5.41, 5.74) is 4.53. The summed E-state index contributed by atoms with van der Waals surface area (Å²) in [5, 5.41) is 12.9. The maximum atomic E-state index is 10.1. The number of benzene rings is 2. The van der Waals surface area contributed by atoms with Crippen molar-refractivity contribution in [1.82, 2.24) is 4.90 Å². The number of hydrogen-bond acceptors (Lipinski definition) is 2. The molecule has 0 radical (unpaired) electrons. The van der Waals surface area contributed by atoms with Crippen molar-refractivity contribution in [3.8, 4) is 0 Å². The van der Waals surface area contributed by atoms with E-state index in [1.807, 2.05) is 0 Å². The minimum absolute atomic E-state index is 0.214. The van der Waals surface area contributed by atoms with E-state index in [-0.39, 0.29) is 6.10 Å². The molecular formula is C21H29NO. The van der Waals surface area contributed by atoms with Crippen molar-refractivity contribution in [3.05, 3.63) is 47.0 Å². The smallest absolute Gasteiger partial charge is 0.0667 e. The monoisotopic (exact) mass is 311 g/mol. The molecule has 1 aliphatic carbocycles. The molecule has 0 heterocycles. The van der Waals surface area contributed by atoms with E-state index >= 15 is 0 Å². The van der Waals surface area contributed by atoms with Crippen LogP contribution in [0.4, 0.5) is 0 Å². The maximum Gasteiger partial charge on any atom is 0.0667 e. The van der Waals surface area contributed by atoms with Gasteiger partial charge in [0.2, 0.25) is 0 Å². The minimum Gasteiger partial charge on any atom is -0.392 e. The Hall–Kier alpha value is -1.38. The van der Waals surface area contributed by atoms with E-state index in [4.69, 9.17) is 0 Å². The maximum absolute atomic E-state index is 10.1. The molecule has 0 fully saturated rings. The van der Waals surface area contributed by atoms with Crippen molar-refractivity contribution in [3.63, 3.8) is 0 Å². The summed E-state index contributed by atoms with van der Waals surface area (Å²) in [6.07, 6.45) is 6.78. The van der Waals surface area contributed by atoms with Gasteiger partial charge in [-0.25, -0.2) is 0 Å². The molecule has 3 rings (SSSR count). The van der Waals surface area contributed by atoms with E-state index in [9.17, 15) is 5.11 Å². The van der Waals surface area contributed by atoms with E-state index < -0.39 is 0 Å². The quantitative estimate of drug-likeness (QED) is 0.859. The zero-order chi connectivity index (χ0) is 16.2. The third-order valence-electron chi connectivity index (χ3n) is 5.04. The molecule has 0 aromatic heterocycles. The lowest BCUT2D eigenvalue weighted by atomic mass is 9.85. The molecule has 0 aliphatic heterocycles. The van der Waals surface area contributed by atoms with E-state index in [0.29, 0.717) is 0 Å². The number of likely N-dealkylation sites (N-methyl/N-ethyl adjacent to an activating group) is 1. The molecule has 1 unspecified atom stereocenters. The standard InChI is InChI=1S/C21H29NO/c1-3-8-18(23)15-22(2)14-17-13-16-9-4-5-10-19(16)21-12-7-6-11-20(17)21/h6-7,11-13,18,23H,3-5,8-10,14-15H2,1-2H3. The largest absolute Gasteiger partial charge is 0.392 e. The van der Waals surface area contributed by atoms with Gasteiger partial charge in [0.05, 0.1) is 6.10 Å². The molecule has 23 heavy (non-hydrogen) atoms. The van der Waals surface area contributed by atoms with E-state index in [1.165, 1.54) is 42.0 Å². The number of rotatable bonds is 6. The van der Waals surface area contributed by atoms with Crippen LogP contribution in [0.25, 0.3) is 10.8 Å². The summed E-state index contributed by atoms with van der Waals surface area (Å²) in [4.78, 5) is 2.26. The van der Waals surface area contributed by atoms with Crippen molar-refractivity contribution < 1.29 is 5.11 Å². The van der Waals surface area contributed by atoms with Crippen LogP contribution in [0.2, 0.25) is 0 Å². The highest BCUT2D eigenvalue weighted by Crippen LogP contribution is 2.32. The molecule has 0 bridgehead atoms. The van der Waals surface area contributed by atoms with Gasteiger partial charge >= 0.3 is 0 Å². The van der Waals surface area contributed by atoms with Crippen LogP contribution in [-0.2, 0) is 19.4 Å². The number of nitrogens with zero attached hydrogens (tertiary/aromatic N) is 1. The third-order valence-corrected chi connectivity index (χ3v) is 5.04. The van der Waals surface area contributed by atoms with Crippen molar-refractivity contribution in [1.29, 1.82) is 0 Å². The van der Waals surface area contributed by atoms with Gasteiger partial charge in [-0.1, -0.05) is 43.7 Å². The Bertz CT molecular complexity index is 664. The first-order valence-electron chi connectivity index (χ1n) is 9.08. The highest BCUT2D eigenvalue weighted by atomic mass is 16.3. The van der Waals surface area contributed by atoms with Gasteiger partial charge in [-0.2, -0.15) is 0 Å². The van der Waals surface area contributed by atoms with Crippen LogP contribution in [-0.4, -0.2) is 29.7 Å². The topological polar surface area (TPSA) is 23.5 Å². The summed E-state index contributed by atoms with van der Waals surface area (Å²) in [7, 11) is 2.12. The lowest BCUT2D eigenvalue weighted by Gasteiger charge is -2.24. The van der Waals surface area contributed by atoms with Gasteiger partial charge < -0.3 is 5.11 Å². The van der Waals surface area contributed by atoms with Gasteiger partial charge in [0.1, 0.15) is 0 Å². The Labute approximate surface area is 140 Å². The molecule has 0 saturated carbocycles. The first-order chi connectivity index (χ1) is 11.2. The summed E-state index contributed by atoms with van der Waals surface area (Å²) in [6.45, 7) is 3.79. The summed E-state index contributed by atoms with van der Waals surface area (Å²) < 4.78 is 0. The van der Waals surface area contributed by atoms with Gasteiger partial charge in [0.15, 0.2) is 0 Å². The molecule has 0 spiro atoms. The molecule has 0 amide bonds. The fourth-order valence-electron chi connectivity index (χ4n) is 3.98. The minimum atomic E-state index is -0.214. The molecular weight excluding hydrogens is 282 g/mol. The Kier molecular flexibility index (Phi) is 5.34. The Morgan fingerprint density at radius 1 is 1.13 bits per heavy atom. The molecule has 2 heteroatoms. The van der Waals surface area contributed by atoms with Crippen LogP contribution in [0, 0.1) is 0 Å². The average Bonchev–Trinajstić information content (AvgIpc) is 2.55. The second kappa shape index (κ2) is 7.46. The van der Waals surface area contributed by atoms with E-state index in [1.54, 1.807) is 11.1 Å². The van der Waals surface area contributed by atoms with Gasteiger partial charge in [0, 0.05) is 13.1 Å². The number of hydrogen-bond donors (Lipinski definition) is 1. The van der Waals surface area contributed by atoms with Crippen LogP contribution < -0.4 is 0 Å². The van der Waals surface area contributed by atoms with Gasteiger partial charge in [-0.3, -0.25) is 4.90 Å². The Balaban J connectivity index is 1.88. The lowest BCUT2D eigenvalue weighted by Crippen LogP contribution is -2.28. The summed E-state index contributed by atoms with van der Waals surface area (Å²) in [5.74, 6) is 0. The first-order valence-corrected chi connectivity index (χ1v) is 9.08. The number of aryl methyl sites for hydroxylation is 2. The molecule has 1 N–H and O–H groups in total. The highest BCUT2D eigenvalue weighted by molar-refractivity contribution is 5.90. The van der Waals surface area contributed by atoms with E-state index in [0.717, 1.165) is 25.9 Å². The van der Waals surface area contributed by atoms with Crippen molar-refractivity contribution in [2.24, 2.45) is 0 Å². The summed E-state index contributed by atoms with van der Waals surface area (Å²) in [6, 6.07) is 11.3. The Morgan fingerprint density at radius 3 is 2.65 bits per heavy atom. The second-order valence-corrected chi connectivity index (χ2v) is 7.07. The van der Waals surface area contributed by atoms with Crippen LogP contribution in [0.1, 0.15) is 49.3 Å². The predicted molar refractivity (Wildman–Crippen MR) is 97.8 cm³/mol. The fraction of sp³-hybridized carbons (Fsp3) is 0.524. The predicted octanol–water partition coefficient (Wildman–Crippen LogP) is 4.31. The fourth-order valence-corrected chi connectivity index (χ4v) is 3.98. The van der Waals surface area contributed by atoms with Crippen LogP contribution in [0.15, 0.2) is 30.3 Å². The van der Waals surface area contributed by atoms with Gasteiger partial charge in [0.25, 0.3) is 0 Å². The SMILES string of the molecule is CCCC(O)CN(C)Cc1cc2c(c3ccccc13)CCCC2. The van der Waals surface area contributed by atoms with Crippen LogP contribution >= 0.6 is 0 Å². The summed E-state index contributed by atoms with van der Waals surface area (Å²) >= 11 is 0. The highest BCUT2D eigenvalue weighted by Gasteiger charge is 2.16. The van der Waals surface area contributed by atoms with Crippen molar-refractivity contribution in [2.75, 3.05) is 13.6 Å². The number of aliphatic hydroxyl groups excluding tert-OH is 1. The van der Waals surface area contributed by atoms with E-state index in [2.05, 4.69) is 49.2 Å². The molecule has 124 valence electrons. The molecule has 0 saturated heterocycles. The molecule has 1 atom stereocenters. The molecule has 2 nitrogen and oxygen atoms in total. The van der Waals surface area contributed by atoms with Crippen LogP contribution in [0.5, 0.6) is 0 Å². The number of aliphatic hydroxyl groups is 1. The van der Waals surface area contributed by atoms with Gasteiger partial charge in [-0.15, -0.1) is 0 Å². The van der Waals surface area contributed by atoms with Gasteiger partial charge in [-0.05, 0) is 66.6 Å². The Morgan fingerprint density at radius 2 is 1.87 bits per heavy atom.